The molecule has 0 aliphatic heterocycles. The molecule has 2 N–H and O–H groups in total. The lowest BCUT2D eigenvalue weighted by atomic mass is 10.1. The molecule has 15 heavy (non-hydrogen) atoms. The maximum Gasteiger partial charge on any atom is 0.416 e. The molecule has 1 aromatic carbocycles. The van der Waals surface area contributed by atoms with Gasteiger partial charge in [-0.2, -0.15) is 13.2 Å². The van der Waals surface area contributed by atoms with Crippen molar-refractivity contribution in [3.63, 3.8) is 0 Å². The molecule has 1 saturated carbocycles. The highest BCUT2D eigenvalue weighted by Crippen LogP contribution is 2.47. The van der Waals surface area contributed by atoms with Crippen LogP contribution in [-0.4, -0.2) is 6.54 Å². The first kappa shape index (κ1) is 10.5. The Morgan fingerprint density at radius 1 is 1.33 bits per heavy atom. The Kier molecular flexibility index (Phi) is 2.46. The second-order valence-electron chi connectivity index (χ2n) is 3.96. The average Bonchev–Trinajstić information content (AvgIpc) is 2.95. The van der Waals surface area contributed by atoms with Crippen molar-refractivity contribution >= 4 is 0 Å². The van der Waals surface area contributed by atoms with Crippen LogP contribution in [0, 0.1) is 5.92 Å². The number of nitrogens with two attached hydrogens (primary N) is 1. The number of rotatable bonds is 2. The quantitative estimate of drug-likeness (QED) is 0.806. The third-order valence-electron chi connectivity index (χ3n) is 2.87. The van der Waals surface area contributed by atoms with E-state index in [1.54, 1.807) is 6.07 Å². The van der Waals surface area contributed by atoms with Gasteiger partial charge in [0.05, 0.1) is 5.56 Å². The predicted octanol–water partition coefficient (Wildman–Crippen LogP) is 2.77. The van der Waals surface area contributed by atoms with E-state index in [9.17, 15) is 13.2 Å². The van der Waals surface area contributed by atoms with Crippen LogP contribution >= 0.6 is 0 Å². The first-order chi connectivity index (χ1) is 7.02. The third kappa shape index (κ3) is 2.15. The number of alkyl halides is 3. The Bertz CT molecular complexity index is 359. The molecule has 1 nitrogen and oxygen atoms in total. The summed E-state index contributed by atoms with van der Waals surface area (Å²) in [6.07, 6.45) is -3.33. The van der Waals surface area contributed by atoms with Crippen molar-refractivity contribution in [1.29, 1.82) is 0 Å². The summed E-state index contributed by atoms with van der Waals surface area (Å²) in [6.45, 7) is 0.556. The number of hydrogen-bond acceptors (Lipinski definition) is 1. The van der Waals surface area contributed by atoms with Gasteiger partial charge < -0.3 is 5.73 Å². The summed E-state index contributed by atoms with van der Waals surface area (Å²) >= 11 is 0. The van der Waals surface area contributed by atoms with Crippen LogP contribution in [0.2, 0.25) is 0 Å². The minimum Gasteiger partial charge on any atom is -0.330 e. The predicted molar refractivity (Wildman–Crippen MR) is 51.3 cm³/mol. The topological polar surface area (TPSA) is 26.0 Å². The number of halogens is 3. The molecule has 2 atom stereocenters. The van der Waals surface area contributed by atoms with Crippen LogP contribution in [0.25, 0.3) is 0 Å². The molecular weight excluding hydrogens is 203 g/mol. The van der Waals surface area contributed by atoms with E-state index < -0.39 is 11.7 Å². The zero-order valence-corrected chi connectivity index (χ0v) is 8.09. The molecule has 0 saturated heterocycles. The van der Waals surface area contributed by atoms with Crippen molar-refractivity contribution in [2.75, 3.05) is 6.54 Å². The highest BCUT2D eigenvalue weighted by molar-refractivity contribution is 5.31. The zero-order valence-electron chi connectivity index (χ0n) is 8.09. The van der Waals surface area contributed by atoms with Crippen molar-refractivity contribution in [3.8, 4) is 0 Å². The van der Waals surface area contributed by atoms with Crippen LogP contribution in [0.4, 0.5) is 13.2 Å². The zero-order chi connectivity index (χ0) is 11.1. The third-order valence-corrected chi connectivity index (χ3v) is 2.87. The average molecular weight is 215 g/mol. The molecule has 0 spiro atoms. The Morgan fingerprint density at radius 2 is 2.07 bits per heavy atom. The summed E-state index contributed by atoms with van der Waals surface area (Å²) in [4.78, 5) is 0. The normalized spacial score (nSPS) is 25.3. The van der Waals surface area contributed by atoms with Crippen molar-refractivity contribution < 1.29 is 13.2 Å². The van der Waals surface area contributed by atoms with Gasteiger partial charge >= 0.3 is 6.18 Å². The van der Waals surface area contributed by atoms with E-state index in [-0.39, 0.29) is 5.92 Å². The fraction of sp³-hybridized carbons (Fsp3) is 0.455. The molecule has 0 heterocycles. The maximum atomic E-state index is 12.4. The van der Waals surface area contributed by atoms with Gasteiger partial charge in [0.15, 0.2) is 0 Å². The fourth-order valence-electron chi connectivity index (χ4n) is 1.86. The summed E-state index contributed by atoms with van der Waals surface area (Å²) < 4.78 is 37.2. The lowest BCUT2D eigenvalue weighted by molar-refractivity contribution is -0.137. The molecule has 82 valence electrons. The van der Waals surface area contributed by atoms with Crippen molar-refractivity contribution in [2.24, 2.45) is 11.7 Å². The maximum absolute atomic E-state index is 12.4. The molecule has 0 radical (unpaired) electrons. The first-order valence-electron chi connectivity index (χ1n) is 4.89. The van der Waals surface area contributed by atoms with Gasteiger partial charge in [0.1, 0.15) is 0 Å². The smallest absolute Gasteiger partial charge is 0.330 e. The summed E-state index contributed by atoms with van der Waals surface area (Å²) in [6, 6.07) is 5.54. The van der Waals surface area contributed by atoms with Gasteiger partial charge in [0.25, 0.3) is 0 Å². The van der Waals surface area contributed by atoms with E-state index in [4.69, 9.17) is 5.73 Å². The van der Waals surface area contributed by atoms with Crippen LogP contribution in [0.5, 0.6) is 0 Å². The number of hydrogen-bond donors (Lipinski definition) is 1. The molecule has 1 aliphatic carbocycles. The van der Waals surface area contributed by atoms with Crippen molar-refractivity contribution in [1.82, 2.24) is 0 Å². The van der Waals surface area contributed by atoms with Crippen molar-refractivity contribution in [3.05, 3.63) is 35.4 Å². The molecule has 1 fully saturated rings. The highest BCUT2D eigenvalue weighted by atomic mass is 19.4. The molecule has 0 unspecified atom stereocenters. The monoisotopic (exact) mass is 215 g/mol. The Hall–Kier alpha value is -1.03. The van der Waals surface area contributed by atoms with Gasteiger partial charge in [-0.25, -0.2) is 0 Å². The van der Waals surface area contributed by atoms with Gasteiger partial charge in [-0.05, 0) is 36.4 Å². The molecule has 1 aliphatic rings. The van der Waals surface area contributed by atoms with Crippen molar-refractivity contribution in [2.45, 2.75) is 18.5 Å². The van der Waals surface area contributed by atoms with Crippen LogP contribution < -0.4 is 5.73 Å². The molecule has 0 bridgehead atoms. The van der Waals surface area contributed by atoms with Crippen LogP contribution in [0.1, 0.15) is 23.5 Å². The molecule has 0 amide bonds. The van der Waals surface area contributed by atoms with Crippen LogP contribution in [0.3, 0.4) is 0 Å². The number of benzene rings is 1. The van der Waals surface area contributed by atoms with Gasteiger partial charge in [-0.3, -0.25) is 0 Å². The fourth-order valence-corrected chi connectivity index (χ4v) is 1.86. The Labute approximate surface area is 86.1 Å². The van der Waals surface area contributed by atoms with E-state index in [2.05, 4.69) is 0 Å². The minimum absolute atomic E-state index is 0.234. The molecule has 0 aromatic heterocycles. The van der Waals surface area contributed by atoms with Gasteiger partial charge in [0, 0.05) is 0 Å². The van der Waals surface area contributed by atoms with Crippen LogP contribution in [0.15, 0.2) is 24.3 Å². The van der Waals surface area contributed by atoms with Gasteiger partial charge in [-0.15, -0.1) is 0 Å². The summed E-state index contributed by atoms with van der Waals surface area (Å²) in [5.41, 5.74) is 5.66. The van der Waals surface area contributed by atoms with Gasteiger partial charge in [0.2, 0.25) is 0 Å². The van der Waals surface area contributed by atoms with E-state index in [1.165, 1.54) is 12.1 Å². The lowest BCUT2D eigenvalue weighted by Crippen LogP contribution is -2.06. The molecule has 2 rings (SSSR count). The van der Waals surface area contributed by atoms with Gasteiger partial charge in [-0.1, -0.05) is 18.2 Å². The van der Waals surface area contributed by atoms with E-state index in [0.717, 1.165) is 18.1 Å². The lowest BCUT2D eigenvalue weighted by Gasteiger charge is -2.08. The molecule has 1 aromatic rings. The Balaban J connectivity index is 2.21. The summed E-state index contributed by atoms with van der Waals surface area (Å²) in [5.74, 6) is 0.603. The minimum atomic E-state index is -4.25. The first-order valence-corrected chi connectivity index (χ1v) is 4.89. The summed E-state index contributed by atoms with van der Waals surface area (Å²) in [7, 11) is 0. The SMILES string of the molecule is NC[C@@H]1C[C@H]1c1cccc(C(F)(F)F)c1. The second kappa shape index (κ2) is 3.52. The van der Waals surface area contributed by atoms with E-state index in [1.807, 2.05) is 0 Å². The second-order valence-corrected chi connectivity index (χ2v) is 3.96. The molecular formula is C11H12F3N. The molecule has 4 heteroatoms. The van der Waals surface area contributed by atoms with E-state index in [0.29, 0.717) is 12.5 Å². The largest absolute Gasteiger partial charge is 0.416 e. The van der Waals surface area contributed by atoms with Crippen LogP contribution in [-0.2, 0) is 6.18 Å². The summed E-state index contributed by atoms with van der Waals surface area (Å²) in [5, 5.41) is 0. The standard InChI is InChI=1S/C11H12F3N/c12-11(13,14)9-3-1-2-7(4-9)10-5-8(10)6-15/h1-4,8,10H,5-6,15H2/t8-,10-/m0/s1. The van der Waals surface area contributed by atoms with E-state index >= 15 is 0 Å². The Morgan fingerprint density at radius 3 is 2.60 bits per heavy atom. The highest BCUT2D eigenvalue weighted by Gasteiger charge is 2.38.